The number of hydrogen-bond donors (Lipinski definition) is 3. The summed E-state index contributed by atoms with van der Waals surface area (Å²) < 4.78 is 18.2. The van der Waals surface area contributed by atoms with Crippen molar-refractivity contribution in [1.82, 2.24) is 15.3 Å². The molecule has 31 heavy (non-hydrogen) atoms. The number of anilines is 4. The smallest absolute Gasteiger partial charge is 0.229 e. The Morgan fingerprint density at radius 2 is 1.84 bits per heavy atom. The minimum Gasteiger partial charge on any atom is -0.495 e. The lowest BCUT2D eigenvalue weighted by atomic mass is 10.1. The van der Waals surface area contributed by atoms with Crippen molar-refractivity contribution in [2.75, 3.05) is 38.1 Å². The minimum atomic E-state index is -2.49. The summed E-state index contributed by atoms with van der Waals surface area (Å²) in [6.45, 7) is 5.53. The van der Waals surface area contributed by atoms with Crippen LogP contribution in [0.3, 0.4) is 0 Å². The molecule has 3 N–H and O–H groups in total. The highest BCUT2D eigenvalue weighted by atomic mass is 35.5. The maximum atomic E-state index is 12.7. The normalized spacial score (nSPS) is 12.3. The number of methoxy groups -OCH3 is 1. The number of halogens is 1. The molecule has 0 bridgehead atoms. The summed E-state index contributed by atoms with van der Waals surface area (Å²) >= 11 is 6.33. The first kappa shape index (κ1) is 23.1. The van der Waals surface area contributed by atoms with E-state index in [-0.39, 0.29) is 6.04 Å². The van der Waals surface area contributed by atoms with Gasteiger partial charge in [0.25, 0.3) is 0 Å². The molecule has 0 radical (unpaired) electrons. The fourth-order valence-electron chi connectivity index (χ4n) is 3.06. The number of aromatic nitrogens is 2. The molecule has 9 heteroatoms. The topological polar surface area (TPSA) is 88.2 Å². The Labute approximate surface area is 188 Å². The molecule has 7 nitrogen and oxygen atoms in total. The lowest BCUT2D eigenvalue weighted by molar-refractivity contribution is 0.415. The molecule has 3 aromatic rings. The molecule has 2 aromatic carbocycles. The second-order valence-electron chi connectivity index (χ2n) is 7.48. The van der Waals surface area contributed by atoms with Gasteiger partial charge in [0, 0.05) is 11.3 Å². The summed E-state index contributed by atoms with van der Waals surface area (Å²) in [4.78, 5) is 8.79. The Balaban J connectivity index is 1.90. The molecule has 0 spiro atoms. The predicted octanol–water partition coefficient (Wildman–Crippen LogP) is 5.15. The van der Waals surface area contributed by atoms with Gasteiger partial charge in [-0.1, -0.05) is 29.8 Å². The van der Waals surface area contributed by atoms with E-state index in [0.717, 1.165) is 16.6 Å². The first-order valence-electron chi connectivity index (χ1n) is 9.79. The summed E-state index contributed by atoms with van der Waals surface area (Å²) in [5.41, 5.74) is 2.53. The van der Waals surface area contributed by atoms with Gasteiger partial charge < -0.3 is 25.3 Å². The Bertz CT molecular complexity index is 1120. The molecule has 0 saturated carbocycles. The summed E-state index contributed by atoms with van der Waals surface area (Å²) in [6, 6.07) is 13.5. The minimum absolute atomic E-state index is 0.193. The van der Waals surface area contributed by atoms with Gasteiger partial charge >= 0.3 is 0 Å². The van der Waals surface area contributed by atoms with E-state index in [0.29, 0.717) is 28.2 Å². The fourth-order valence-corrected chi connectivity index (χ4v) is 4.35. The van der Waals surface area contributed by atoms with E-state index in [9.17, 15) is 4.57 Å². The molecule has 1 unspecified atom stereocenters. The van der Waals surface area contributed by atoms with Crippen molar-refractivity contribution >= 4 is 47.2 Å². The average Bonchev–Trinajstić information content (AvgIpc) is 2.75. The third kappa shape index (κ3) is 5.56. The summed E-state index contributed by atoms with van der Waals surface area (Å²) in [5, 5.41) is 10.7. The van der Waals surface area contributed by atoms with E-state index in [4.69, 9.17) is 16.3 Å². The first-order chi connectivity index (χ1) is 14.7. The van der Waals surface area contributed by atoms with Gasteiger partial charge in [-0.25, -0.2) is 4.98 Å². The van der Waals surface area contributed by atoms with Gasteiger partial charge in [0.2, 0.25) is 5.95 Å². The van der Waals surface area contributed by atoms with E-state index in [1.807, 2.05) is 49.5 Å². The third-order valence-corrected chi connectivity index (χ3v) is 6.71. The average molecular weight is 460 g/mol. The first-order valence-corrected chi connectivity index (χ1v) is 12.8. The molecule has 1 atom stereocenters. The van der Waals surface area contributed by atoms with Crippen molar-refractivity contribution in [3.05, 3.63) is 59.2 Å². The number of nitrogens with one attached hydrogen (secondary N) is 3. The Hall–Kier alpha value is -2.60. The number of nitrogens with zero attached hydrogens (tertiary/aromatic N) is 2. The molecule has 0 fully saturated rings. The van der Waals surface area contributed by atoms with Crippen molar-refractivity contribution in [3.8, 4) is 5.75 Å². The van der Waals surface area contributed by atoms with Crippen LogP contribution in [0.4, 0.5) is 23.1 Å². The van der Waals surface area contributed by atoms with E-state index >= 15 is 0 Å². The summed E-state index contributed by atoms with van der Waals surface area (Å²) in [5.74, 6) is 1.45. The van der Waals surface area contributed by atoms with E-state index in [1.165, 1.54) is 6.20 Å². The van der Waals surface area contributed by atoms with Gasteiger partial charge in [0.1, 0.15) is 17.9 Å². The molecule has 1 aromatic heterocycles. The maximum Gasteiger partial charge on any atom is 0.229 e. The second-order valence-corrected chi connectivity index (χ2v) is 11.1. The van der Waals surface area contributed by atoms with Crippen LogP contribution in [0.1, 0.15) is 18.5 Å². The van der Waals surface area contributed by atoms with Crippen molar-refractivity contribution in [2.45, 2.75) is 13.0 Å². The number of rotatable bonds is 8. The van der Waals surface area contributed by atoms with Gasteiger partial charge in [-0.05, 0) is 57.1 Å². The molecule has 0 amide bonds. The second kappa shape index (κ2) is 9.69. The van der Waals surface area contributed by atoms with Crippen LogP contribution in [0.5, 0.6) is 5.75 Å². The SMILES string of the molecule is CNC(C)c1ccc(Nc2ncc(Cl)c(Nc3ccccc3P(C)(C)=O)n2)c(OC)c1. The van der Waals surface area contributed by atoms with Gasteiger partial charge in [0.15, 0.2) is 5.82 Å². The predicted molar refractivity (Wildman–Crippen MR) is 130 cm³/mol. The fraction of sp³-hybridized carbons (Fsp3) is 0.273. The van der Waals surface area contributed by atoms with Crippen LogP contribution in [0, 0.1) is 0 Å². The molecule has 0 aliphatic heterocycles. The van der Waals surface area contributed by atoms with Gasteiger partial charge in [-0.15, -0.1) is 0 Å². The molecule has 0 aliphatic carbocycles. The zero-order valence-corrected chi connectivity index (χ0v) is 19.9. The lowest BCUT2D eigenvalue weighted by Gasteiger charge is -2.17. The highest BCUT2D eigenvalue weighted by molar-refractivity contribution is 7.70. The van der Waals surface area contributed by atoms with Gasteiger partial charge in [-0.2, -0.15) is 4.98 Å². The summed E-state index contributed by atoms with van der Waals surface area (Å²) in [6.07, 6.45) is 1.52. The highest BCUT2D eigenvalue weighted by Crippen LogP contribution is 2.38. The Kier molecular flexibility index (Phi) is 7.21. The molecule has 164 valence electrons. The standard InChI is InChI=1S/C22H27ClN5O2P/c1-14(24-2)15-10-11-17(19(12-15)30-3)27-22-25-13-16(23)21(28-22)26-18-8-6-7-9-20(18)31(4,5)29/h6-14,24H,1-5H3,(H2,25,26,27,28). The van der Waals surface area contributed by atoms with Crippen molar-refractivity contribution in [2.24, 2.45) is 0 Å². The number of benzene rings is 2. The number of para-hydroxylation sites is 1. The lowest BCUT2D eigenvalue weighted by Crippen LogP contribution is -2.12. The maximum absolute atomic E-state index is 12.7. The molecular formula is C22H27ClN5O2P. The molecule has 3 rings (SSSR count). The quantitative estimate of drug-likeness (QED) is 0.401. The van der Waals surface area contributed by atoms with Crippen LogP contribution < -0.4 is 26.0 Å². The van der Waals surface area contributed by atoms with E-state index in [2.05, 4.69) is 32.8 Å². The zero-order valence-electron chi connectivity index (χ0n) is 18.2. The Morgan fingerprint density at radius 3 is 2.52 bits per heavy atom. The van der Waals surface area contributed by atoms with Crippen molar-refractivity contribution in [1.29, 1.82) is 0 Å². The van der Waals surface area contributed by atoms with Crippen molar-refractivity contribution in [3.63, 3.8) is 0 Å². The van der Waals surface area contributed by atoms with Crippen LogP contribution in [-0.4, -0.2) is 37.5 Å². The molecule has 0 saturated heterocycles. The van der Waals surface area contributed by atoms with Crippen LogP contribution >= 0.6 is 18.7 Å². The molecule has 0 aliphatic rings. The van der Waals surface area contributed by atoms with E-state index in [1.54, 1.807) is 20.4 Å². The van der Waals surface area contributed by atoms with Crippen LogP contribution in [0.15, 0.2) is 48.7 Å². The highest BCUT2D eigenvalue weighted by Gasteiger charge is 2.17. The molecular weight excluding hydrogens is 433 g/mol. The number of ether oxygens (including phenoxy) is 1. The molecule has 1 heterocycles. The zero-order chi connectivity index (χ0) is 22.6. The van der Waals surface area contributed by atoms with Crippen LogP contribution in [0.2, 0.25) is 5.02 Å². The van der Waals surface area contributed by atoms with Gasteiger partial charge in [0.05, 0.1) is 24.7 Å². The number of hydrogen-bond acceptors (Lipinski definition) is 7. The van der Waals surface area contributed by atoms with E-state index < -0.39 is 7.14 Å². The Morgan fingerprint density at radius 1 is 1.10 bits per heavy atom. The third-order valence-electron chi connectivity index (χ3n) is 4.89. The van der Waals surface area contributed by atoms with Crippen LogP contribution in [-0.2, 0) is 4.57 Å². The van der Waals surface area contributed by atoms with Gasteiger partial charge in [-0.3, -0.25) is 0 Å². The van der Waals surface area contributed by atoms with Crippen molar-refractivity contribution < 1.29 is 9.30 Å². The van der Waals surface area contributed by atoms with Crippen LogP contribution in [0.25, 0.3) is 0 Å². The monoisotopic (exact) mass is 459 g/mol. The summed E-state index contributed by atoms with van der Waals surface area (Å²) in [7, 11) is 1.04. The largest absolute Gasteiger partial charge is 0.495 e.